The van der Waals surface area contributed by atoms with Crippen LogP contribution in [0.25, 0.3) is 0 Å². The topological polar surface area (TPSA) is 50.2 Å². The maximum absolute atomic E-state index is 10.5. The Kier molecular flexibility index (Phi) is 3.35. The van der Waals surface area contributed by atoms with E-state index in [4.69, 9.17) is 5.11 Å². The zero-order valence-corrected chi connectivity index (χ0v) is 7.58. The number of thiol groups is 1. The summed E-state index contributed by atoms with van der Waals surface area (Å²) in [5.74, 6) is 4.83. The van der Waals surface area contributed by atoms with Crippen LogP contribution in [-0.4, -0.2) is 21.8 Å². The standard InChI is InChI=1S/C9H7NO2S/c11-9(12)7-3-4-10-8(6-7)2-1-5-13/h3-4,6,13H,5H2,(H,11,12). The molecule has 13 heavy (non-hydrogen) atoms. The molecule has 0 radical (unpaired) electrons. The lowest BCUT2D eigenvalue weighted by atomic mass is 10.2. The predicted molar refractivity (Wildman–Crippen MR) is 51.9 cm³/mol. The van der Waals surface area contributed by atoms with Gasteiger partial charge in [0.15, 0.2) is 0 Å². The van der Waals surface area contributed by atoms with Crippen LogP contribution in [0.2, 0.25) is 0 Å². The number of rotatable bonds is 1. The van der Waals surface area contributed by atoms with Crippen LogP contribution in [0, 0.1) is 11.8 Å². The Bertz CT molecular complexity index is 379. The van der Waals surface area contributed by atoms with Crippen LogP contribution in [0.15, 0.2) is 18.3 Å². The summed E-state index contributed by atoms with van der Waals surface area (Å²) in [6.07, 6.45) is 1.42. The summed E-state index contributed by atoms with van der Waals surface area (Å²) in [4.78, 5) is 14.4. The summed E-state index contributed by atoms with van der Waals surface area (Å²) in [5, 5.41) is 8.64. The average Bonchev–Trinajstić information content (AvgIpc) is 2.15. The Morgan fingerprint density at radius 2 is 2.46 bits per heavy atom. The number of carboxylic acid groups (broad SMARTS) is 1. The van der Waals surface area contributed by atoms with Gasteiger partial charge in [-0.05, 0) is 18.1 Å². The molecule has 1 heterocycles. The number of nitrogens with zero attached hydrogens (tertiary/aromatic N) is 1. The van der Waals surface area contributed by atoms with E-state index in [1.165, 1.54) is 18.3 Å². The Morgan fingerprint density at radius 1 is 1.69 bits per heavy atom. The number of aromatic nitrogens is 1. The second-order valence-corrected chi connectivity index (χ2v) is 2.51. The number of aromatic carboxylic acids is 1. The van der Waals surface area contributed by atoms with Crippen LogP contribution in [0.1, 0.15) is 16.1 Å². The third-order valence-corrected chi connectivity index (χ3v) is 1.46. The molecule has 0 aliphatic rings. The molecule has 0 unspecified atom stereocenters. The van der Waals surface area contributed by atoms with Crippen molar-refractivity contribution >= 4 is 18.6 Å². The van der Waals surface area contributed by atoms with Crippen molar-refractivity contribution in [3.8, 4) is 11.8 Å². The first-order chi connectivity index (χ1) is 6.24. The molecule has 0 spiro atoms. The highest BCUT2D eigenvalue weighted by Crippen LogP contribution is 2.00. The van der Waals surface area contributed by atoms with Gasteiger partial charge in [0.2, 0.25) is 0 Å². The summed E-state index contributed by atoms with van der Waals surface area (Å²) in [7, 11) is 0. The Hall–Kier alpha value is -1.47. The average molecular weight is 193 g/mol. The number of pyridine rings is 1. The molecule has 1 rings (SSSR count). The largest absolute Gasteiger partial charge is 0.478 e. The van der Waals surface area contributed by atoms with E-state index in [0.29, 0.717) is 11.4 Å². The number of carboxylic acids is 1. The predicted octanol–water partition coefficient (Wildman–Crippen LogP) is 1.06. The van der Waals surface area contributed by atoms with Crippen molar-refractivity contribution in [3.63, 3.8) is 0 Å². The van der Waals surface area contributed by atoms with Crippen molar-refractivity contribution in [2.24, 2.45) is 0 Å². The molecule has 1 aromatic heterocycles. The fourth-order valence-corrected chi connectivity index (χ4v) is 0.841. The minimum absolute atomic E-state index is 0.193. The van der Waals surface area contributed by atoms with E-state index in [1.807, 2.05) is 0 Å². The van der Waals surface area contributed by atoms with Gasteiger partial charge in [-0.15, -0.1) is 0 Å². The molecule has 0 bridgehead atoms. The van der Waals surface area contributed by atoms with E-state index in [1.54, 1.807) is 0 Å². The molecule has 0 aromatic carbocycles. The van der Waals surface area contributed by atoms with Gasteiger partial charge in [-0.1, -0.05) is 5.92 Å². The molecular formula is C9H7NO2S. The van der Waals surface area contributed by atoms with E-state index < -0.39 is 5.97 Å². The monoisotopic (exact) mass is 193 g/mol. The third-order valence-electron chi connectivity index (χ3n) is 1.30. The lowest BCUT2D eigenvalue weighted by molar-refractivity contribution is 0.0696. The normalized spacial score (nSPS) is 8.69. The lowest BCUT2D eigenvalue weighted by Gasteiger charge is -1.93. The van der Waals surface area contributed by atoms with Crippen LogP contribution in [0.3, 0.4) is 0 Å². The number of hydrogen-bond acceptors (Lipinski definition) is 3. The van der Waals surface area contributed by atoms with Gasteiger partial charge in [0.1, 0.15) is 5.69 Å². The number of hydrogen-bond donors (Lipinski definition) is 2. The highest BCUT2D eigenvalue weighted by atomic mass is 32.1. The number of carbonyl (C=O) groups is 1. The molecule has 1 N–H and O–H groups in total. The SMILES string of the molecule is O=C(O)c1ccnc(C#CCS)c1. The highest BCUT2D eigenvalue weighted by Gasteiger charge is 2.01. The van der Waals surface area contributed by atoms with Crippen molar-refractivity contribution in [3.05, 3.63) is 29.6 Å². The van der Waals surface area contributed by atoms with Gasteiger partial charge in [-0.25, -0.2) is 9.78 Å². The van der Waals surface area contributed by atoms with Crippen molar-refractivity contribution < 1.29 is 9.90 Å². The van der Waals surface area contributed by atoms with Crippen molar-refractivity contribution in [2.45, 2.75) is 0 Å². The van der Waals surface area contributed by atoms with Crippen LogP contribution in [-0.2, 0) is 0 Å². The van der Waals surface area contributed by atoms with Gasteiger partial charge in [0, 0.05) is 6.20 Å². The van der Waals surface area contributed by atoms with Gasteiger partial charge in [0.25, 0.3) is 0 Å². The highest BCUT2D eigenvalue weighted by molar-refractivity contribution is 7.80. The van der Waals surface area contributed by atoms with E-state index in [2.05, 4.69) is 29.5 Å². The molecule has 0 fully saturated rings. The second kappa shape index (κ2) is 4.53. The molecule has 0 atom stereocenters. The maximum Gasteiger partial charge on any atom is 0.335 e. The first-order valence-corrected chi connectivity index (χ1v) is 4.16. The Morgan fingerprint density at radius 3 is 3.08 bits per heavy atom. The van der Waals surface area contributed by atoms with Gasteiger partial charge < -0.3 is 5.11 Å². The molecule has 66 valence electrons. The van der Waals surface area contributed by atoms with Crippen molar-refractivity contribution in [2.75, 3.05) is 5.75 Å². The van der Waals surface area contributed by atoms with Crippen molar-refractivity contribution in [1.29, 1.82) is 0 Å². The molecule has 0 saturated heterocycles. The fraction of sp³-hybridized carbons (Fsp3) is 0.111. The summed E-state index contributed by atoms with van der Waals surface area (Å²) in [6.45, 7) is 0. The van der Waals surface area contributed by atoms with Crippen LogP contribution < -0.4 is 0 Å². The van der Waals surface area contributed by atoms with Gasteiger partial charge in [0.05, 0.1) is 11.3 Å². The summed E-state index contributed by atoms with van der Waals surface area (Å²) in [5.41, 5.74) is 0.646. The minimum atomic E-state index is -0.976. The van der Waals surface area contributed by atoms with Crippen molar-refractivity contribution in [1.82, 2.24) is 4.98 Å². The van der Waals surface area contributed by atoms with Crippen LogP contribution in [0.5, 0.6) is 0 Å². The van der Waals surface area contributed by atoms with Gasteiger partial charge in [-0.3, -0.25) is 0 Å². The quantitative estimate of drug-likeness (QED) is 0.518. The van der Waals surface area contributed by atoms with Gasteiger partial charge in [-0.2, -0.15) is 12.6 Å². The van der Waals surface area contributed by atoms with E-state index >= 15 is 0 Å². The van der Waals surface area contributed by atoms with Crippen LogP contribution in [0.4, 0.5) is 0 Å². The van der Waals surface area contributed by atoms with Crippen LogP contribution >= 0.6 is 12.6 Å². The Labute approximate surface area is 81.2 Å². The molecule has 1 aromatic rings. The summed E-state index contributed by atoms with van der Waals surface area (Å²) >= 11 is 3.90. The van der Waals surface area contributed by atoms with E-state index in [-0.39, 0.29) is 5.56 Å². The zero-order chi connectivity index (χ0) is 9.68. The Balaban J connectivity index is 2.98. The smallest absolute Gasteiger partial charge is 0.335 e. The second-order valence-electron chi connectivity index (χ2n) is 2.19. The maximum atomic E-state index is 10.5. The molecule has 0 amide bonds. The third kappa shape index (κ3) is 2.80. The molecule has 4 heteroatoms. The molecule has 0 saturated carbocycles. The molecule has 0 aliphatic carbocycles. The summed E-state index contributed by atoms with van der Waals surface area (Å²) < 4.78 is 0. The van der Waals surface area contributed by atoms with E-state index in [9.17, 15) is 4.79 Å². The molecular weight excluding hydrogens is 186 g/mol. The molecule has 0 aliphatic heterocycles. The lowest BCUT2D eigenvalue weighted by Crippen LogP contribution is -1.97. The van der Waals surface area contributed by atoms with Gasteiger partial charge >= 0.3 is 5.97 Å². The minimum Gasteiger partial charge on any atom is -0.478 e. The van der Waals surface area contributed by atoms with E-state index in [0.717, 1.165) is 0 Å². The fourth-order valence-electron chi connectivity index (χ4n) is 0.762. The summed E-state index contributed by atoms with van der Waals surface area (Å²) in [6, 6.07) is 2.85. The molecule has 3 nitrogen and oxygen atoms in total. The zero-order valence-electron chi connectivity index (χ0n) is 6.69. The first-order valence-electron chi connectivity index (χ1n) is 3.53. The first kappa shape index (κ1) is 9.62.